The number of benzene rings is 3. The second-order valence-electron chi connectivity index (χ2n) is 18.1. The van der Waals surface area contributed by atoms with E-state index in [1.807, 2.05) is 0 Å². The first-order valence-corrected chi connectivity index (χ1v) is 23.6. The second-order valence-corrected chi connectivity index (χ2v) is 18.1. The molecule has 3 aromatic rings. The zero-order valence-electron chi connectivity index (χ0n) is 40.2. The van der Waals surface area contributed by atoms with Crippen LogP contribution < -0.4 is 0 Å². The number of rotatable bonds is 16. The molecule has 8 rings (SSSR count). The van der Waals surface area contributed by atoms with Crippen molar-refractivity contribution < 1.29 is 134 Å². The molecule has 27 heteroatoms. The molecule has 16 atom stereocenters. The van der Waals surface area contributed by atoms with Crippen molar-refractivity contribution in [3.63, 3.8) is 0 Å². The van der Waals surface area contributed by atoms with Gasteiger partial charge in [-0.3, -0.25) is 0 Å². The van der Waals surface area contributed by atoms with E-state index in [-0.39, 0.29) is 33.8 Å². The molecule has 3 fully saturated rings. The standard InChI is InChI=1S/C51H54O27/c52-17-34-39(62)42(65)45(68)49(75-34)73-32-15-23(53)14-31-24(32)16-33(47(72-31)22-5-8-27(56)30(59)13-22)74-51-48(44(67)41(64)36(77-51)19-71-38(61)10-4-21-2-7-26(55)29(58)12-21)78-50-46(69)43(66)40(63)35(76-50)18-70-37(60)9-3-20-1-6-25(54)28(57)11-20/h1-16,31,34-36,39-46,48-59,62-69H,17-19H2. The van der Waals surface area contributed by atoms with Crippen molar-refractivity contribution in [1.29, 1.82) is 0 Å². The van der Waals surface area contributed by atoms with Crippen LogP contribution in [-0.2, 0) is 52.2 Å². The van der Waals surface area contributed by atoms with Gasteiger partial charge < -0.3 is 124 Å². The highest BCUT2D eigenvalue weighted by atomic mass is 16.8. The van der Waals surface area contributed by atoms with Gasteiger partial charge >= 0.3 is 11.9 Å². The van der Waals surface area contributed by atoms with Crippen LogP contribution in [0.2, 0.25) is 0 Å². The van der Waals surface area contributed by atoms with Gasteiger partial charge in [0.25, 0.3) is 0 Å². The Balaban J connectivity index is 1.11. The third kappa shape index (κ3) is 12.6. The van der Waals surface area contributed by atoms with Crippen LogP contribution in [0.4, 0.5) is 0 Å². The quantitative estimate of drug-likeness (QED) is 0.0429. The molecule has 0 saturated carbocycles. The van der Waals surface area contributed by atoms with Crippen molar-refractivity contribution in [2.75, 3.05) is 19.8 Å². The number of aromatic hydroxyl groups is 6. The number of allylic oxidation sites excluding steroid dienone is 2. The number of carbonyl (C=O) groups is 2. The topological polar surface area (TPSA) is 441 Å². The Morgan fingerprint density at radius 1 is 0.526 bits per heavy atom. The first kappa shape index (κ1) is 56.7. The van der Waals surface area contributed by atoms with Gasteiger partial charge in [-0.1, -0.05) is 12.1 Å². The Kier molecular flexibility index (Phi) is 17.5. The largest absolute Gasteiger partial charge is 0.508 e. The minimum Gasteiger partial charge on any atom is -0.508 e. The van der Waals surface area contributed by atoms with Crippen molar-refractivity contribution in [2.45, 2.75) is 98.2 Å². The van der Waals surface area contributed by atoms with Crippen molar-refractivity contribution in [3.8, 4) is 34.5 Å². The maximum Gasteiger partial charge on any atom is 0.330 e. The summed E-state index contributed by atoms with van der Waals surface area (Å²) >= 11 is 0. The fourth-order valence-electron chi connectivity index (χ4n) is 8.42. The zero-order chi connectivity index (χ0) is 56.3. The summed E-state index contributed by atoms with van der Waals surface area (Å²) in [6.07, 6.45) is -22.6. The number of carbonyl (C=O) groups excluding carboxylic acids is 2. The lowest BCUT2D eigenvalue weighted by atomic mass is 9.95. The van der Waals surface area contributed by atoms with E-state index in [9.17, 15) is 91.3 Å². The molecule has 78 heavy (non-hydrogen) atoms. The number of aliphatic hydroxyl groups is 10. The highest BCUT2D eigenvalue weighted by molar-refractivity contribution is 5.87. The van der Waals surface area contributed by atoms with E-state index in [1.54, 1.807) is 0 Å². The van der Waals surface area contributed by atoms with E-state index < -0.39 is 176 Å². The summed E-state index contributed by atoms with van der Waals surface area (Å²) in [6, 6.07) is 10.7. The van der Waals surface area contributed by atoms with Crippen LogP contribution in [0.15, 0.2) is 108 Å². The summed E-state index contributed by atoms with van der Waals surface area (Å²) in [7, 11) is 0. The first-order valence-electron chi connectivity index (χ1n) is 23.6. The van der Waals surface area contributed by atoms with Crippen LogP contribution in [0, 0.1) is 0 Å². The van der Waals surface area contributed by atoms with Crippen LogP contribution in [0.25, 0.3) is 17.9 Å². The molecule has 27 nitrogen and oxygen atoms in total. The van der Waals surface area contributed by atoms with Gasteiger partial charge in [0.2, 0.25) is 12.6 Å². The van der Waals surface area contributed by atoms with Crippen LogP contribution in [0.5, 0.6) is 34.5 Å². The predicted octanol–water partition coefficient (Wildman–Crippen LogP) is -1.76. The van der Waals surface area contributed by atoms with Gasteiger partial charge in [-0.15, -0.1) is 0 Å². The molecular weight excluding hydrogens is 1040 g/mol. The summed E-state index contributed by atoms with van der Waals surface area (Å²) in [4.78, 5) is 25.7. The highest BCUT2D eigenvalue weighted by Crippen LogP contribution is 2.42. The van der Waals surface area contributed by atoms with Crippen LogP contribution >= 0.6 is 0 Å². The Labute approximate surface area is 439 Å². The smallest absolute Gasteiger partial charge is 0.330 e. The molecule has 0 amide bonds. The van der Waals surface area contributed by atoms with Crippen molar-refractivity contribution >= 4 is 29.8 Å². The molecule has 0 radical (unpaired) electrons. The molecule has 5 aliphatic rings. The molecule has 420 valence electrons. The van der Waals surface area contributed by atoms with E-state index in [0.717, 1.165) is 48.6 Å². The molecule has 16 N–H and O–H groups in total. The number of aliphatic hydroxyl groups excluding tert-OH is 10. The van der Waals surface area contributed by atoms with Gasteiger partial charge in [0.15, 0.2) is 58.4 Å². The third-order valence-corrected chi connectivity index (χ3v) is 12.7. The van der Waals surface area contributed by atoms with Gasteiger partial charge in [-0.25, -0.2) is 9.59 Å². The summed E-state index contributed by atoms with van der Waals surface area (Å²) in [5, 5.41) is 169. The molecular formula is C51H54O27. The number of fused-ring (bicyclic) bond motifs is 1. The van der Waals surface area contributed by atoms with Crippen molar-refractivity contribution in [2.24, 2.45) is 0 Å². The molecule has 0 bridgehead atoms. The minimum atomic E-state index is -2.19. The molecule has 16 unspecified atom stereocenters. The molecule has 3 saturated heterocycles. The number of ether oxygens (including phenoxy) is 9. The lowest BCUT2D eigenvalue weighted by Crippen LogP contribution is -2.64. The second kappa shape index (κ2) is 24.0. The van der Waals surface area contributed by atoms with Gasteiger partial charge in [0.1, 0.15) is 98.0 Å². The molecule has 4 aliphatic heterocycles. The Bertz CT molecular complexity index is 2870. The minimum absolute atomic E-state index is 0.0425. The monoisotopic (exact) mass is 1100 g/mol. The van der Waals surface area contributed by atoms with E-state index >= 15 is 0 Å². The van der Waals surface area contributed by atoms with Gasteiger partial charge in [0, 0.05) is 35.4 Å². The fourth-order valence-corrected chi connectivity index (χ4v) is 8.42. The summed E-state index contributed by atoms with van der Waals surface area (Å²) < 4.78 is 52.5. The lowest BCUT2D eigenvalue weighted by molar-refractivity contribution is -0.363. The lowest BCUT2D eigenvalue weighted by Gasteiger charge is -2.46. The first-order chi connectivity index (χ1) is 37.1. The van der Waals surface area contributed by atoms with Crippen LogP contribution in [-0.4, -0.2) is 212 Å². The summed E-state index contributed by atoms with van der Waals surface area (Å²) in [5.41, 5.74) is 0.426. The molecule has 0 spiro atoms. The molecule has 3 aromatic carbocycles. The normalized spacial score (nSPS) is 32.1. The van der Waals surface area contributed by atoms with Crippen LogP contribution in [0.3, 0.4) is 0 Å². The maximum atomic E-state index is 13.0. The highest BCUT2D eigenvalue weighted by Gasteiger charge is 2.53. The number of esters is 2. The Morgan fingerprint density at radius 2 is 1.03 bits per heavy atom. The predicted molar refractivity (Wildman–Crippen MR) is 256 cm³/mol. The van der Waals surface area contributed by atoms with Crippen molar-refractivity contribution in [3.05, 3.63) is 125 Å². The number of phenolic OH excluding ortho intramolecular Hbond substituents is 6. The third-order valence-electron chi connectivity index (χ3n) is 12.7. The SMILES string of the molecule is O=C(C=Cc1ccc(O)c(O)c1)OCC1OC(OC2C(OC3=C(c4ccc(O)c(O)c4)OC4C=C(O)C=C(OC5OC(CO)C(O)C(O)C5O)C4=C3)OC(COC(=O)C=Cc3ccc(O)c(O)c3)C(O)C2O)C(O)C(O)C1O. The van der Waals surface area contributed by atoms with Crippen molar-refractivity contribution in [1.82, 2.24) is 0 Å². The number of hydrogen-bond acceptors (Lipinski definition) is 27. The summed E-state index contributed by atoms with van der Waals surface area (Å²) in [6.45, 7) is -2.46. The van der Waals surface area contributed by atoms with Crippen LogP contribution in [0.1, 0.15) is 16.7 Å². The van der Waals surface area contributed by atoms with Gasteiger partial charge in [0.05, 0.1) is 6.61 Å². The van der Waals surface area contributed by atoms with E-state index in [4.69, 9.17) is 42.6 Å². The summed E-state index contributed by atoms with van der Waals surface area (Å²) in [5.74, 6) is -6.70. The van der Waals surface area contributed by atoms with Gasteiger partial charge in [-0.05, 0) is 71.8 Å². The Hall–Kier alpha value is -7.48. The van der Waals surface area contributed by atoms with E-state index in [2.05, 4.69) is 0 Å². The zero-order valence-corrected chi connectivity index (χ0v) is 40.2. The van der Waals surface area contributed by atoms with E-state index in [1.165, 1.54) is 48.6 Å². The number of hydrogen-bond donors (Lipinski definition) is 16. The van der Waals surface area contributed by atoms with E-state index in [0.29, 0.717) is 0 Å². The average molecular weight is 1100 g/mol. The molecule has 0 aromatic heterocycles. The number of phenols is 6. The molecule has 4 heterocycles. The Morgan fingerprint density at radius 3 is 1.58 bits per heavy atom. The maximum absolute atomic E-state index is 13.0. The molecule has 1 aliphatic carbocycles. The fraction of sp³-hybridized carbons (Fsp3) is 0.373. The van der Waals surface area contributed by atoms with Gasteiger partial charge in [-0.2, -0.15) is 0 Å². The average Bonchev–Trinajstić information content (AvgIpc) is 3.48.